The van der Waals surface area contributed by atoms with Gasteiger partial charge in [0.05, 0.1) is 17.5 Å². The average Bonchev–Trinajstić information content (AvgIpc) is 3.31. The van der Waals surface area contributed by atoms with Crippen molar-refractivity contribution in [3.63, 3.8) is 0 Å². The second kappa shape index (κ2) is 9.91. The van der Waals surface area contributed by atoms with Crippen LogP contribution in [0.2, 0.25) is 5.02 Å². The summed E-state index contributed by atoms with van der Waals surface area (Å²) in [7, 11) is -3.45. The fourth-order valence-corrected chi connectivity index (χ4v) is 5.56. The molecule has 2 saturated heterocycles. The van der Waals surface area contributed by atoms with Crippen LogP contribution in [-0.2, 0) is 10.0 Å². The average molecular weight is 491 g/mol. The monoisotopic (exact) mass is 490 g/mol. The summed E-state index contributed by atoms with van der Waals surface area (Å²) in [5.41, 5.74) is 2.87. The SMILES string of the molecule is Cc1ccc(NCCCN2CC3CN(C(=O)c4ccccc4NS(C)(=O)=O)CC3C2)cc1Cl. The van der Waals surface area contributed by atoms with Crippen LogP contribution in [0.5, 0.6) is 0 Å². The van der Waals surface area contributed by atoms with Crippen molar-refractivity contribution in [1.82, 2.24) is 9.80 Å². The van der Waals surface area contributed by atoms with Gasteiger partial charge in [0.2, 0.25) is 10.0 Å². The van der Waals surface area contributed by atoms with E-state index in [9.17, 15) is 13.2 Å². The maximum absolute atomic E-state index is 13.1. The zero-order chi connectivity index (χ0) is 23.6. The maximum atomic E-state index is 13.1. The van der Waals surface area contributed by atoms with Crippen molar-refractivity contribution < 1.29 is 13.2 Å². The van der Waals surface area contributed by atoms with E-state index in [4.69, 9.17) is 11.6 Å². The van der Waals surface area contributed by atoms with Gasteiger partial charge in [-0.15, -0.1) is 0 Å². The quantitative estimate of drug-likeness (QED) is 0.553. The number of carbonyl (C=O) groups is 1. The number of carbonyl (C=O) groups excluding carboxylic acids is 1. The fourth-order valence-electron chi connectivity index (χ4n) is 4.81. The van der Waals surface area contributed by atoms with Crippen LogP contribution in [0.3, 0.4) is 0 Å². The van der Waals surface area contributed by atoms with E-state index < -0.39 is 10.0 Å². The van der Waals surface area contributed by atoms with Gasteiger partial charge in [-0.1, -0.05) is 29.8 Å². The Morgan fingerprint density at radius 2 is 1.79 bits per heavy atom. The Morgan fingerprint density at radius 3 is 2.45 bits per heavy atom. The van der Waals surface area contributed by atoms with Crippen molar-refractivity contribution in [3.05, 3.63) is 58.6 Å². The first-order valence-corrected chi connectivity index (χ1v) is 13.5. The van der Waals surface area contributed by atoms with Gasteiger partial charge in [-0.3, -0.25) is 9.52 Å². The summed E-state index contributed by atoms with van der Waals surface area (Å²) in [6.07, 6.45) is 2.13. The summed E-state index contributed by atoms with van der Waals surface area (Å²) in [6.45, 7) is 7.33. The summed E-state index contributed by atoms with van der Waals surface area (Å²) < 4.78 is 25.8. The molecule has 1 amide bonds. The topological polar surface area (TPSA) is 81.8 Å². The number of aryl methyl sites for hydroxylation is 1. The van der Waals surface area contributed by atoms with Gasteiger partial charge in [0.1, 0.15) is 0 Å². The molecule has 0 aliphatic carbocycles. The lowest BCUT2D eigenvalue weighted by atomic mass is 10.0. The Kier molecular flexibility index (Phi) is 7.16. The van der Waals surface area contributed by atoms with Crippen molar-refractivity contribution in [2.75, 3.05) is 55.6 Å². The number of amides is 1. The van der Waals surface area contributed by atoms with Gasteiger partial charge in [-0.2, -0.15) is 0 Å². The first-order valence-electron chi connectivity index (χ1n) is 11.3. The predicted octanol–water partition coefficient (Wildman–Crippen LogP) is 3.53. The number of hydrogen-bond acceptors (Lipinski definition) is 5. The van der Waals surface area contributed by atoms with E-state index in [1.54, 1.807) is 24.3 Å². The molecule has 7 nitrogen and oxygen atoms in total. The van der Waals surface area contributed by atoms with Gasteiger partial charge in [0.15, 0.2) is 0 Å². The molecule has 2 aromatic carbocycles. The third kappa shape index (κ3) is 5.99. The highest BCUT2D eigenvalue weighted by Crippen LogP contribution is 2.33. The van der Waals surface area contributed by atoms with E-state index in [0.29, 0.717) is 36.2 Å². The molecular formula is C24H31ClN4O3S. The largest absolute Gasteiger partial charge is 0.385 e. The molecule has 33 heavy (non-hydrogen) atoms. The van der Waals surface area contributed by atoms with E-state index in [1.165, 1.54) is 0 Å². The van der Waals surface area contributed by atoms with Gasteiger partial charge in [0.25, 0.3) is 5.91 Å². The van der Waals surface area contributed by atoms with Gasteiger partial charge < -0.3 is 15.1 Å². The summed E-state index contributed by atoms with van der Waals surface area (Å²) in [4.78, 5) is 17.5. The molecule has 2 aliphatic rings. The van der Waals surface area contributed by atoms with Crippen LogP contribution in [0.15, 0.2) is 42.5 Å². The van der Waals surface area contributed by atoms with Crippen molar-refractivity contribution >= 4 is 38.9 Å². The van der Waals surface area contributed by atoms with E-state index in [2.05, 4.69) is 21.0 Å². The number of nitrogens with zero attached hydrogens (tertiary/aromatic N) is 2. The highest BCUT2D eigenvalue weighted by molar-refractivity contribution is 7.92. The maximum Gasteiger partial charge on any atom is 0.256 e. The number of sulfonamides is 1. The van der Waals surface area contributed by atoms with Crippen LogP contribution >= 0.6 is 11.6 Å². The molecule has 2 aliphatic heterocycles. The molecule has 0 saturated carbocycles. The lowest BCUT2D eigenvalue weighted by Crippen LogP contribution is -2.34. The Hall–Kier alpha value is -2.29. The van der Waals surface area contributed by atoms with Gasteiger partial charge in [0, 0.05) is 43.4 Å². The van der Waals surface area contributed by atoms with E-state index >= 15 is 0 Å². The van der Waals surface area contributed by atoms with E-state index in [0.717, 1.165) is 55.1 Å². The van der Waals surface area contributed by atoms with Gasteiger partial charge in [-0.25, -0.2) is 8.42 Å². The molecule has 2 aromatic rings. The minimum Gasteiger partial charge on any atom is -0.385 e. The van der Waals surface area contributed by atoms with Crippen LogP contribution in [0.4, 0.5) is 11.4 Å². The van der Waals surface area contributed by atoms with Crippen LogP contribution in [0.25, 0.3) is 0 Å². The number of benzene rings is 2. The summed E-state index contributed by atoms with van der Waals surface area (Å²) in [6, 6.07) is 12.8. The molecule has 2 atom stereocenters. The number of fused-ring (bicyclic) bond motifs is 1. The highest BCUT2D eigenvalue weighted by Gasteiger charge is 2.41. The number of halogens is 1. The van der Waals surface area contributed by atoms with E-state index in [-0.39, 0.29) is 5.91 Å². The molecule has 178 valence electrons. The molecule has 9 heteroatoms. The zero-order valence-electron chi connectivity index (χ0n) is 19.1. The molecule has 2 fully saturated rings. The van der Waals surface area contributed by atoms with Crippen molar-refractivity contribution in [3.8, 4) is 0 Å². The Morgan fingerprint density at radius 1 is 1.09 bits per heavy atom. The number of para-hydroxylation sites is 1. The Bertz CT molecular complexity index is 1110. The third-order valence-corrected chi connectivity index (χ3v) is 7.45. The highest BCUT2D eigenvalue weighted by atomic mass is 35.5. The minimum absolute atomic E-state index is 0.108. The molecule has 0 aromatic heterocycles. The van der Waals surface area contributed by atoms with Crippen molar-refractivity contribution in [2.24, 2.45) is 11.8 Å². The summed E-state index contributed by atoms with van der Waals surface area (Å²) >= 11 is 6.19. The van der Waals surface area contributed by atoms with Gasteiger partial charge >= 0.3 is 0 Å². The Labute approximate surface area is 201 Å². The van der Waals surface area contributed by atoms with Crippen LogP contribution in [-0.4, -0.2) is 69.6 Å². The summed E-state index contributed by atoms with van der Waals surface area (Å²) in [5.74, 6) is 0.823. The zero-order valence-corrected chi connectivity index (χ0v) is 20.6. The van der Waals surface area contributed by atoms with Gasteiger partial charge in [-0.05, 0) is 61.6 Å². The second-order valence-electron chi connectivity index (χ2n) is 9.15. The van der Waals surface area contributed by atoms with Crippen LogP contribution in [0.1, 0.15) is 22.3 Å². The number of likely N-dealkylation sites (tertiary alicyclic amines) is 2. The van der Waals surface area contributed by atoms with Crippen LogP contribution < -0.4 is 10.0 Å². The fraction of sp³-hybridized carbons (Fsp3) is 0.458. The standard InChI is InChI=1S/C24H31ClN4O3S/c1-17-8-9-20(12-22(17)25)26-10-5-11-28-13-18-15-29(16-19(18)14-28)24(30)21-6-3-4-7-23(21)27-33(2,31)32/h3-4,6-9,12,18-19,26-27H,5,10-11,13-16H2,1-2H3. The molecule has 4 rings (SSSR count). The predicted molar refractivity (Wildman–Crippen MR) is 134 cm³/mol. The molecule has 0 bridgehead atoms. The molecule has 0 spiro atoms. The van der Waals surface area contributed by atoms with Crippen molar-refractivity contribution in [2.45, 2.75) is 13.3 Å². The lowest BCUT2D eigenvalue weighted by molar-refractivity contribution is 0.0775. The first kappa shape index (κ1) is 23.9. The number of anilines is 2. The summed E-state index contributed by atoms with van der Waals surface area (Å²) in [5, 5.41) is 4.21. The number of nitrogens with one attached hydrogen (secondary N) is 2. The number of rotatable bonds is 8. The van der Waals surface area contributed by atoms with Crippen LogP contribution in [0, 0.1) is 18.8 Å². The van der Waals surface area contributed by atoms with Crippen molar-refractivity contribution in [1.29, 1.82) is 0 Å². The first-order chi connectivity index (χ1) is 15.7. The third-order valence-electron chi connectivity index (χ3n) is 6.45. The molecular weight excluding hydrogens is 460 g/mol. The van der Waals surface area contributed by atoms with E-state index in [1.807, 2.05) is 24.0 Å². The smallest absolute Gasteiger partial charge is 0.256 e. The number of hydrogen-bond donors (Lipinski definition) is 2. The molecule has 2 N–H and O–H groups in total. The minimum atomic E-state index is -3.45. The second-order valence-corrected chi connectivity index (χ2v) is 11.3. The normalized spacial score (nSPS) is 20.6. The molecule has 2 unspecified atom stereocenters. The molecule has 0 radical (unpaired) electrons. The lowest BCUT2D eigenvalue weighted by Gasteiger charge is -2.22. The molecule has 2 heterocycles. The Balaban J connectivity index is 1.25.